The first kappa shape index (κ1) is 12.8. The molecule has 0 unspecified atom stereocenters. The van der Waals surface area contributed by atoms with Gasteiger partial charge in [0, 0.05) is 17.2 Å². The molecule has 0 aliphatic heterocycles. The molecule has 0 heterocycles. The molecule has 1 N–H and O–H groups in total. The Hall–Kier alpha value is -0.180. The third kappa shape index (κ3) is 5.97. The van der Waals surface area contributed by atoms with Gasteiger partial charge in [-0.1, -0.05) is 20.8 Å². The van der Waals surface area contributed by atoms with Crippen LogP contribution in [0.2, 0.25) is 0 Å². The van der Waals surface area contributed by atoms with E-state index in [1.54, 1.807) is 0 Å². The summed E-state index contributed by atoms with van der Waals surface area (Å²) in [6, 6.07) is 0. The predicted octanol–water partition coefficient (Wildman–Crippen LogP) is 2.10. The second kappa shape index (κ2) is 4.89. The zero-order chi connectivity index (χ0) is 10.6. The highest BCUT2D eigenvalue weighted by Gasteiger charge is 2.19. The van der Waals surface area contributed by atoms with Gasteiger partial charge < -0.3 is 5.32 Å². The van der Waals surface area contributed by atoms with Crippen LogP contribution in [0.1, 0.15) is 34.6 Å². The Morgan fingerprint density at radius 3 is 2.15 bits per heavy atom. The third-order valence-electron chi connectivity index (χ3n) is 2.11. The van der Waals surface area contributed by atoms with Gasteiger partial charge in [-0.2, -0.15) is 12.6 Å². The molecule has 0 aromatic carbocycles. The number of carbonyl (C=O) groups excluding carboxylic acids is 1. The highest BCUT2D eigenvalue weighted by molar-refractivity contribution is 7.81. The van der Waals surface area contributed by atoms with E-state index in [-0.39, 0.29) is 16.6 Å². The van der Waals surface area contributed by atoms with Gasteiger partial charge in [-0.25, -0.2) is 0 Å². The quantitative estimate of drug-likeness (QED) is 0.673. The van der Waals surface area contributed by atoms with Crippen molar-refractivity contribution in [2.75, 3.05) is 6.54 Å². The van der Waals surface area contributed by atoms with Crippen LogP contribution in [0, 0.1) is 11.8 Å². The molecule has 0 aliphatic rings. The van der Waals surface area contributed by atoms with E-state index in [9.17, 15) is 4.79 Å². The molecule has 0 spiro atoms. The minimum atomic E-state index is -0.133. The average Bonchev–Trinajstić information content (AvgIpc) is 1.97. The minimum absolute atomic E-state index is 0.0793. The van der Waals surface area contributed by atoms with E-state index in [1.165, 1.54) is 0 Å². The Morgan fingerprint density at radius 1 is 1.38 bits per heavy atom. The monoisotopic (exact) mass is 203 g/mol. The van der Waals surface area contributed by atoms with Crippen molar-refractivity contribution < 1.29 is 4.79 Å². The fraction of sp³-hybridized carbons (Fsp3) is 0.900. The molecule has 0 saturated carbocycles. The number of hydrogen-bond donors (Lipinski definition) is 2. The lowest BCUT2D eigenvalue weighted by Crippen LogP contribution is -2.38. The van der Waals surface area contributed by atoms with Crippen LogP contribution in [0.4, 0.5) is 0 Å². The van der Waals surface area contributed by atoms with E-state index in [0.29, 0.717) is 12.5 Å². The molecule has 3 heteroatoms. The third-order valence-corrected chi connectivity index (χ3v) is 2.27. The second-order valence-corrected chi connectivity index (χ2v) is 5.77. The average molecular weight is 203 g/mol. The highest BCUT2D eigenvalue weighted by Crippen LogP contribution is 2.12. The van der Waals surface area contributed by atoms with Crippen LogP contribution in [0.15, 0.2) is 0 Å². The number of thiol groups is 1. The number of rotatable bonds is 4. The van der Waals surface area contributed by atoms with Gasteiger partial charge in [-0.3, -0.25) is 4.79 Å². The van der Waals surface area contributed by atoms with Gasteiger partial charge in [0.15, 0.2) is 0 Å². The van der Waals surface area contributed by atoms with Crippen molar-refractivity contribution in [1.29, 1.82) is 0 Å². The van der Waals surface area contributed by atoms with Crippen molar-refractivity contribution in [3.05, 3.63) is 0 Å². The SMILES string of the molecule is CC(C)[C@@H](C)C(=O)NCC(C)(C)S. The van der Waals surface area contributed by atoms with Gasteiger partial charge in [0.2, 0.25) is 5.91 Å². The molecule has 0 aromatic heterocycles. The Balaban J connectivity index is 3.89. The lowest BCUT2D eigenvalue weighted by Gasteiger charge is -2.21. The fourth-order valence-corrected chi connectivity index (χ4v) is 0.846. The van der Waals surface area contributed by atoms with Crippen LogP contribution < -0.4 is 5.32 Å². The molecule has 13 heavy (non-hydrogen) atoms. The summed E-state index contributed by atoms with van der Waals surface area (Å²) in [4.78, 5) is 11.5. The summed E-state index contributed by atoms with van der Waals surface area (Å²) >= 11 is 4.33. The maximum Gasteiger partial charge on any atom is 0.223 e. The summed E-state index contributed by atoms with van der Waals surface area (Å²) < 4.78 is -0.133. The molecular weight excluding hydrogens is 182 g/mol. The maximum absolute atomic E-state index is 11.5. The maximum atomic E-state index is 11.5. The first-order valence-corrected chi connectivity index (χ1v) is 5.19. The van der Waals surface area contributed by atoms with E-state index < -0.39 is 0 Å². The molecule has 0 bridgehead atoms. The molecule has 0 aromatic rings. The fourth-order valence-electron chi connectivity index (χ4n) is 0.767. The van der Waals surface area contributed by atoms with Crippen LogP contribution >= 0.6 is 12.6 Å². The second-order valence-electron chi connectivity index (χ2n) is 4.56. The Morgan fingerprint density at radius 2 is 1.85 bits per heavy atom. The van der Waals surface area contributed by atoms with Crippen molar-refractivity contribution >= 4 is 18.5 Å². The van der Waals surface area contributed by atoms with Gasteiger partial charge in [0.05, 0.1) is 0 Å². The van der Waals surface area contributed by atoms with Crippen molar-refractivity contribution in [3.63, 3.8) is 0 Å². The molecule has 0 aliphatic carbocycles. The van der Waals surface area contributed by atoms with Gasteiger partial charge in [0.1, 0.15) is 0 Å². The number of nitrogens with one attached hydrogen (secondary N) is 1. The first-order chi connectivity index (χ1) is 5.74. The smallest absolute Gasteiger partial charge is 0.223 e. The van der Waals surface area contributed by atoms with Crippen LogP contribution in [-0.2, 0) is 4.79 Å². The highest BCUT2D eigenvalue weighted by atomic mass is 32.1. The van der Waals surface area contributed by atoms with E-state index >= 15 is 0 Å². The minimum Gasteiger partial charge on any atom is -0.354 e. The molecule has 0 rings (SSSR count). The summed E-state index contributed by atoms with van der Waals surface area (Å²) in [6.07, 6.45) is 0. The lowest BCUT2D eigenvalue weighted by molar-refractivity contribution is -0.125. The summed E-state index contributed by atoms with van der Waals surface area (Å²) in [6.45, 7) is 10.6. The van der Waals surface area contributed by atoms with Crippen LogP contribution in [0.3, 0.4) is 0 Å². The predicted molar refractivity (Wildman–Crippen MR) is 60.1 cm³/mol. The molecule has 0 radical (unpaired) electrons. The van der Waals surface area contributed by atoms with E-state index in [0.717, 1.165) is 0 Å². The number of amides is 1. The largest absolute Gasteiger partial charge is 0.354 e. The van der Waals surface area contributed by atoms with Crippen molar-refractivity contribution in [2.24, 2.45) is 11.8 Å². The Kier molecular flexibility index (Phi) is 4.82. The summed E-state index contributed by atoms with van der Waals surface area (Å²) in [5.41, 5.74) is 0. The normalized spacial score (nSPS) is 14.4. The summed E-state index contributed by atoms with van der Waals surface area (Å²) in [5, 5.41) is 2.89. The lowest BCUT2D eigenvalue weighted by atomic mass is 9.97. The van der Waals surface area contributed by atoms with E-state index in [2.05, 4.69) is 31.8 Å². The standard InChI is InChI=1S/C10H21NOS/c1-7(2)8(3)9(12)11-6-10(4,5)13/h7-8,13H,6H2,1-5H3,(H,11,12)/t8-/m1/s1. The molecule has 0 fully saturated rings. The van der Waals surface area contributed by atoms with Crippen molar-refractivity contribution in [1.82, 2.24) is 5.32 Å². The molecular formula is C10H21NOS. The summed E-state index contributed by atoms with van der Waals surface area (Å²) in [5.74, 6) is 0.593. The van der Waals surface area contributed by atoms with Gasteiger partial charge in [-0.15, -0.1) is 0 Å². The topological polar surface area (TPSA) is 29.1 Å². The summed E-state index contributed by atoms with van der Waals surface area (Å²) in [7, 11) is 0. The molecule has 1 amide bonds. The first-order valence-electron chi connectivity index (χ1n) is 4.74. The van der Waals surface area contributed by atoms with E-state index in [4.69, 9.17) is 0 Å². The van der Waals surface area contributed by atoms with E-state index in [1.807, 2.05) is 20.8 Å². The molecule has 1 atom stereocenters. The Bertz CT molecular complexity index is 172. The Labute approximate surface area is 86.9 Å². The van der Waals surface area contributed by atoms with Crippen molar-refractivity contribution in [2.45, 2.75) is 39.4 Å². The number of carbonyl (C=O) groups is 1. The van der Waals surface area contributed by atoms with Crippen LogP contribution in [-0.4, -0.2) is 17.2 Å². The zero-order valence-electron chi connectivity index (χ0n) is 9.22. The van der Waals surface area contributed by atoms with Gasteiger partial charge in [0.25, 0.3) is 0 Å². The molecule has 2 nitrogen and oxygen atoms in total. The molecule has 78 valence electrons. The molecule has 0 saturated heterocycles. The number of hydrogen-bond acceptors (Lipinski definition) is 2. The zero-order valence-corrected chi connectivity index (χ0v) is 10.1. The van der Waals surface area contributed by atoms with Crippen LogP contribution in [0.5, 0.6) is 0 Å². The van der Waals surface area contributed by atoms with Gasteiger partial charge in [-0.05, 0) is 19.8 Å². The van der Waals surface area contributed by atoms with Crippen molar-refractivity contribution in [3.8, 4) is 0 Å². The van der Waals surface area contributed by atoms with Crippen LogP contribution in [0.25, 0.3) is 0 Å². The van der Waals surface area contributed by atoms with Gasteiger partial charge >= 0.3 is 0 Å².